The van der Waals surface area contributed by atoms with Gasteiger partial charge < -0.3 is 19.1 Å². The van der Waals surface area contributed by atoms with Crippen molar-refractivity contribution in [1.29, 1.82) is 5.26 Å². The van der Waals surface area contributed by atoms with Crippen molar-refractivity contribution in [3.05, 3.63) is 63.0 Å². The second-order valence-corrected chi connectivity index (χ2v) is 9.26. The van der Waals surface area contributed by atoms with Crippen molar-refractivity contribution in [2.24, 2.45) is 0 Å². The normalized spacial score (nSPS) is 18.3. The summed E-state index contributed by atoms with van der Waals surface area (Å²) in [6.45, 7) is 3.37. The van der Waals surface area contributed by atoms with Crippen molar-refractivity contribution >= 4 is 34.3 Å². The number of allylic oxidation sites excluding steroid dienone is 1. The fraction of sp³-hybridized carbons (Fsp3) is 0.375. The number of para-hydroxylation sites is 1. The molecule has 0 radical (unpaired) electrons. The molecule has 1 fully saturated rings. The van der Waals surface area contributed by atoms with Crippen LogP contribution in [0.3, 0.4) is 0 Å². The molecule has 0 unspecified atom stereocenters. The first-order valence-corrected chi connectivity index (χ1v) is 11.9. The second-order valence-electron chi connectivity index (χ2n) is 8.13. The van der Waals surface area contributed by atoms with Crippen LogP contribution in [0.4, 0.5) is 5.69 Å². The van der Waals surface area contributed by atoms with Gasteiger partial charge in [-0.15, -0.1) is 11.8 Å². The molecule has 5 rings (SSSR count). The third-order valence-corrected chi connectivity index (χ3v) is 7.30. The highest BCUT2D eigenvalue weighted by Gasteiger charge is 2.28. The van der Waals surface area contributed by atoms with Crippen molar-refractivity contribution in [3.63, 3.8) is 0 Å². The number of thioether (sulfide) groups is 1. The molecule has 2 aromatic rings. The van der Waals surface area contributed by atoms with E-state index in [1.165, 1.54) is 0 Å². The third-order valence-electron chi connectivity index (χ3n) is 6.21. The van der Waals surface area contributed by atoms with Gasteiger partial charge in [0, 0.05) is 43.7 Å². The Morgan fingerprint density at radius 3 is 2.69 bits per heavy atom. The van der Waals surface area contributed by atoms with Crippen LogP contribution < -0.4 is 10.5 Å². The SMILES string of the molecule is N#Cc1c(N2CCN(C(=O)C3=CCCS3)CC2)c2ccccc2n(CC2=COCC2)c1=O. The zero-order valence-electron chi connectivity index (χ0n) is 17.7. The molecule has 0 aliphatic carbocycles. The average molecular weight is 449 g/mol. The minimum absolute atomic E-state index is 0.0972. The molecule has 8 heteroatoms. The van der Waals surface area contributed by atoms with Crippen LogP contribution in [0, 0.1) is 11.3 Å². The summed E-state index contributed by atoms with van der Waals surface area (Å²) < 4.78 is 7.02. The molecule has 1 amide bonds. The lowest BCUT2D eigenvalue weighted by Gasteiger charge is -2.37. The molecule has 32 heavy (non-hydrogen) atoms. The average Bonchev–Trinajstić information content (AvgIpc) is 3.55. The summed E-state index contributed by atoms with van der Waals surface area (Å²) in [5, 5.41) is 10.8. The number of ether oxygens (including phenoxy) is 1. The lowest BCUT2D eigenvalue weighted by atomic mass is 10.1. The zero-order chi connectivity index (χ0) is 22.1. The molecule has 0 N–H and O–H groups in total. The first-order chi connectivity index (χ1) is 15.7. The predicted octanol–water partition coefficient (Wildman–Crippen LogP) is 2.85. The first-order valence-electron chi connectivity index (χ1n) is 10.9. The van der Waals surface area contributed by atoms with Crippen molar-refractivity contribution in [1.82, 2.24) is 9.47 Å². The lowest BCUT2D eigenvalue weighted by molar-refractivity contribution is -0.126. The molecule has 0 spiro atoms. The van der Waals surface area contributed by atoms with Crippen LogP contribution in [0.1, 0.15) is 18.4 Å². The Balaban J connectivity index is 1.49. The van der Waals surface area contributed by atoms with E-state index in [9.17, 15) is 14.9 Å². The number of hydrogen-bond donors (Lipinski definition) is 0. The summed E-state index contributed by atoms with van der Waals surface area (Å²) in [4.78, 5) is 30.9. The Hall–Kier alpha value is -3.18. The van der Waals surface area contributed by atoms with E-state index in [1.54, 1.807) is 22.6 Å². The van der Waals surface area contributed by atoms with Gasteiger partial charge in [0.15, 0.2) is 0 Å². The van der Waals surface area contributed by atoms with Gasteiger partial charge in [0.05, 0.1) is 35.5 Å². The van der Waals surface area contributed by atoms with Gasteiger partial charge in [-0.1, -0.05) is 24.3 Å². The van der Waals surface area contributed by atoms with Crippen LogP contribution in [0.5, 0.6) is 0 Å². The lowest BCUT2D eigenvalue weighted by Crippen LogP contribution is -2.49. The van der Waals surface area contributed by atoms with Gasteiger partial charge in [0.1, 0.15) is 11.6 Å². The number of anilines is 1. The van der Waals surface area contributed by atoms with Crippen LogP contribution in [0.25, 0.3) is 10.9 Å². The number of nitriles is 1. The number of carbonyl (C=O) groups is 1. The van der Waals surface area contributed by atoms with Gasteiger partial charge in [-0.05, 0) is 18.1 Å². The van der Waals surface area contributed by atoms with Gasteiger partial charge in [0.2, 0.25) is 0 Å². The van der Waals surface area contributed by atoms with E-state index in [-0.39, 0.29) is 17.0 Å². The van der Waals surface area contributed by atoms with Crippen molar-refractivity contribution in [2.45, 2.75) is 19.4 Å². The first kappa shape index (κ1) is 20.7. The smallest absolute Gasteiger partial charge is 0.271 e. The van der Waals surface area contributed by atoms with E-state index < -0.39 is 0 Å². The quantitative estimate of drug-likeness (QED) is 0.716. The molecule has 3 aliphatic rings. The van der Waals surface area contributed by atoms with E-state index in [4.69, 9.17) is 4.74 Å². The number of amides is 1. The van der Waals surface area contributed by atoms with Gasteiger partial charge in [-0.25, -0.2) is 0 Å². The van der Waals surface area contributed by atoms with Crippen LogP contribution >= 0.6 is 11.8 Å². The molecule has 1 aromatic heterocycles. The van der Waals surface area contributed by atoms with Gasteiger partial charge in [-0.2, -0.15) is 5.26 Å². The standard InChI is InChI=1S/C24H24N4O3S/c25-14-19-22(26-8-10-27(11-9-26)24(30)21-6-3-13-32-21)18-4-1-2-5-20(18)28(23(19)29)15-17-7-12-31-16-17/h1-2,4-6,16H,3,7-13,15H2. The molecule has 1 saturated heterocycles. The molecule has 1 aromatic carbocycles. The number of aromatic nitrogens is 1. The maximum Gasteiger partial charge on any atom is 0.271 e. The summed E-state index contributed by atoms with van der Waals surface area (Å²) >= 11 is 1.62. The summed E-state index contributed by atoms with van der Waals surface area (Å²) in [5.41, 5.74) is 2.42. The minimum atomic E-state index is -0.278. The van der Waals surface area contributed by atoms with Gasteiger partial charge in [0.25, 0.3) is 11.5 Å². The highest BCUT2D eigenvalue weighted by Crippen LogP contribution is 2.31. The molecule has 0 atom stereocenters. The number of pyridine rings is 1. The third kappa shape index (κ3) is 3.67. The fourth-order valence-electron chi connectivity index (χ4n) is 4.58. The fourth-order valence-corrected chi connectivity index (χ4v) is 5.52. The molecule has 4 heterocycles. The van der Waals surface area contributed by atoms with Crippen molar-refractivity contribution in [3.8, 4) is 6.07 Å². The Morgan fingerprint density at radius 2 is 2.00 bits per heavy atom. The topological polar surface area (TPSA) is 78.6 Å². The largest absolute Gasteiger partial charge is 0.501 e. The molecule has 0 bridgehead atoms. The number of nitrogens with zero attached hydrogens (tertiary/aromatic N) is 4. The van der Waals surface area contributed by atoms with Crippen LogP contribution in [-0.2, 0) is 16.1 Å². The van der Waals surface area contributed by atoms with E-state index in [1.807, 2.05) is 35.2 Å². The predicted molar refractivity (Wildman–Crippen MR) is 126 cm³/mol. The minimum Gasteiger partial charge on any atom is -0.501 e. The highest BCUT2D eigenvalue weighted by atomic mass is 32.2. The van der Waals surface area contributed by atoms with Crippen molar-refractivity contribution in [2.75, 3.05) is 43.4 Å². The Kier molecular flexibility index (Phi) is 5.66. The maximum atomic E-state index is 13.4. The number of hydrogen-bond acceptors (Lipinski definition) is 6. The second kappa shape index (κ2) is 8.75. The van der Waals surface area contributed by atoms with E-state index in [2.05, 4.69) is 11.0 Å². The van der Waals surface area contributed by atoms with E-state index in [0.29, 0.717) is 45.0 Å². The van der Waals surface area contributed by atoms with Crippen molar-refractivity contribution < 1.29 is 9.53 Å². The molecule has 164 valence electrons. The summed E-state index contributed by atoms with van der Waals surface area (Å²) in [6.07, 6.45) is 5.47. The summed E-state index contributed by atoms with van der Waals surface area (Å²) in [5.74, 6) is 1.07. The maximum absolute atomic E-state index is 13.4. The van der Waals surface area contributed by atoms with Crippen LogP contribution in [0.15, 0.2) is 51.9 Å². The monoisotopic (exact) mass is 448 g/mol. The van der Waals surface area contributed by atoms with Crippen LogP contribution in [0.2, 0.25) is 0 Å². The van der Waals surface area contributed by atoms with Crippen LogP contribution in [-0.4, -0.2) is 53.9 Å². The number of piperazine rings is 1. The van der Waals surface area contributed by atoms with Gasteiger partial charge in [-0.3, -0.25) is 9.59 Å². The number of rotatable bonds is 4. The molecule has 3 aliphatic heterocycles. The number of carbonyl (C=O) groups excluding carboxylic acids is 1. The Morgan fingerprint density at radius 1 is 1.19 bits per heavy atom. The number of benzene rings is 1. The Bertz CT molecular complexity index is 1230. The summed E-state index contributed by atoms with van der Waals surface area (Å²) in [7, 11) is 0. The molecule has 0 saturated carbocycles. The highest BCUT2D eigenvalue weighted by molar-refractivity contribution is 8.04. The Labute approximate surface area is 190 Å². The molecular formula is C24H24N4O3S. The number of fused-ring (bicyclic) bond motifs is 1. The van der Waals surface area contributed by atoms with E-state index in [0.717, 1.165) is 40.0 Å². The van der Waals surface area contributed by atoms with E-state index >= 15 is 0 Å². The molecular weight excluding hydrogens is 424 g/mol. The summed E-state index contributed by atoms with van der Waals surface area (Å²) in [6, 6.07) is 9.93. The zero-order valence-corrected chi connectivity index (χ0v) is 18.6. The van der Waals surface area contributed by atoms with Gasteiger partial charge >= 0.3 is 0 Å². The molecule has 7 nitrogen and oxygen atoms in total.